The maximum atomic E-state index is 11.9. The monoisotopic (exact) mass is 302 g/mol. The largest absolute Gasteiger partial charge is 0.352 e. The molecular formula is C15H18N4OS. The summed E-state index contributed by atoms with van der Waals surface area (Å²) < 4.78 is 1.99. The maximum Gasteiger partial charge on any atom is 0.233 e. The molecule has 21 heavy (non-hydrogen) atoms. The Hall–Kier alpha value is -2.08. The van der Waals surface area contributed by atoms with Gasteiger partial charge < -0.3 is 9.88 Å². The van der Waals surface area contributed by atoms with Crippen LogP contribution in [0.2, 0.25) is 0 Å². The molecule has 5 nitrogen and oxygen atoms in total. The van der Waals surface area contributed by atoms with Gasteiger partial charge in [-0.2, -0.15) is 0 Å². The molecule has 0 radical (unpaired) electrons. The molecule has 0 unspecified atom stereocenters. The molecule has 0 saturated heterocycles. The molecule has 1 amide bonds. The molecule has 1 N–H and O–H groups in total. The molecule has 2 aromatic rings. The van der Waals surface area contributed by atoms with Gasteiger partial charge in [0.15, 0.2) is 5.16 Å². The van der Waals surface area contributed by atoms with Crippen LogP contribution in [0.4, 0.5) is 0 Å². The Balaban J connectivity index is 2.00. The van der Waals surface area contributed by atoms with Gasteiger partial charge in [-0.3, -0.25) is 9.78 Å². The summed E-state index contributed by atoms with van der Waals surface area (Å²) in [6, 6.07) is 5.81. The van der Waals surface area contributed by atoms with E-state index in [4.69, 9.17) is 0 Å². The Kier molecular flexibility index (Phi) is 5.57. The van der Waals surface area contributed by atoms with E-state index in [-0.39, 0.29) is 11.2 Å². The summed E-state index contributed by atoms with van der Waals surface area (Å²) in [6.45, 7) is 6.57. The summed E-state index contributed by atoms with van der Waals surface area (Å²) in [4.78, 5) is 20.5. The van der Waals surface area contributed by atoms with Gasteiger partial charge in [-0.1, -0.05) is 23.9 Å². The van der Waals surface area contributed by atoms with Crippen LogP contribution in [0.15, 0.2) is 54.6 Å². The Morgan fingerprint density at radius 3 is 3.05 bits per heavy atom. The smallest absolute Gasteiger partial charge is 0.233 e. The van der Waals surface area contributed by atoms with E-state index in [2.05, 4.69) is 21.9 Å². The Morgan fingerprint density at radius 2 is 2.33 bits per heavy atom. The normalized spacial score (nSPS) is 11.9. The molecule has 2 rings (SSSR count). The number of nitrogens with one attached hydrogen (secondary N) is 1. The molecule has 0 saturated carbocycles. The summed E-state index contributed by atoms with van der Waals surface area (Å²) >= 11 is 1.43. The van der Waals surface area contributed by atoms with Crippen LogP contribution in [0.1, 0.15) is 12.6 Å². The molecule has 0 aliphatic heterocycles. The lowest BCUT2D eigenvalue weighted by Gasteiger charge is -2.12. The Bertz CT molecular complexity index is 597. The predicted molar refractivity (Wildman–Crippen MR) is 84.1 cm³/mol. The zero-order valence-corrected chi connectivity index (χ0v) is 12.7. The lowest BCUT2D eigenvalue weighted by molar-refractivity contribution is -0.120. The molecule has 0 aliphatic carbocycles. The van der Waals surface area contributed by atoms with Gasteiger partial charge in [-0.05, 0) is 19.1 Å². The molecule has 0 aliphatic rings. The number of hydrogen-bond donors (Lipinski definition) is 1. The minimum Gasteiger partial charge on any atom is -0.352 e. The van der Waals surface area contributed by atoms with Crippen molar-refractivity contribution in [2.75, 3.05) is 6.54 Å². The van der Waals surface area contributed by atoms with E-state index in [1.165, 1.54) is 11.8 Å². The highest BCUT2D eigenvalue weighted by Crippen LogP contribution is 2.22. The van der Waals surface area contributed by atoms with Crippen molar-refractivity contribution < 1.29 is 4.79 Å². The van der Waals surface area contributed by atoms with E-state index in [1.807, 2.05) is 35.9 Å². The average Bonchev–Trinajstić information content (AvgIpc) is 2.92. The standard InChI is InChI=1S/C15H18N4OS/c1-3-7-17-14(20)12(2)21-15-18-9-10-19(15)11-13-6-4-5-8-16-13/h3-6,8-10,12H,1,7,11H2,2H3,(H,17,20)/t12-/m1/s1. The maximum absolute atomic E-state index is 11.9. The second-order valence-electron chi connectivity index (χ2n) is 4.45. The molecule has 110 valence electrons. The highest BCUT2D eigenvalue weighted by atomic mass is 32.2. The van der Waals surface area contributed by atoms with Gasteiger partial charge in [0.25, 0.3) is 0 Å². The Labute approximate surface area is 128 Å². The Morgan fingerprint density at radius 1 is 1.48 bits per heavy atom. The van der Waals surface area contributed by atoms with E-state index >= 15 is 0 Å². The first-order valence-electron chi connectivity index (χ1n) is 6.67. The van der Waals surface area contributed by atoms with E-state index in [0.717, 1.165) is 10.9 Å². The lowest BCUT2D eigenvalue weighted by atomic mass is 10.3. The minimum atomic E-state index is -0.213. The quantitative estimate of drug-likeness (QED) is 0.628. The van der Waals surface area contributed by atoms with Crippen LogP contribution in [0.25, 0.3) is 0 Å². The van der Waals surface area contributed by atoms with Gasteiger partial charge in [0, 0.05) is 25.1 Å². The summed E-state index contributed by atoms with van der Waals surface area (Å²) in [6.07, 6.45) is 7.06. The summed E-state index contributed by atoms with van der Waals surface area (Å²) in [5, 5.41) is 3.38. The second kappa shape index (κ2) is 7.64. The van der Waals surface area contributed by atoms with Gasteiger partial charge in [-0.15, -0.1) is 6.58 Å². The first kappa shape index (κ1) is 15.3. The molecule has 2 heterocycles. The van der Waals surface area contributed by atoms with E-state index in [0.29, 0.717) is 13.1 Å². The average molecular weight is 302 g/mol. The van der Waals surface area contributed by atoms with Crippen LogP contribution >= 0.6 is 11.8 Å². The summed E-state index contributed by atoms with van der Waals surface area (Å²) in [7, 11) is 0. The number of pyridine rings is 1. The number of carbonyl (C=O) groups excluding carboxylic acids is 1. The summed E-state index contributed by atoms with van der Waals surface area (Å²) in [5.74, 6) is -0.0210. The number of amides is 1. The van der Waals surface area contributed by atoms with Crippen molar-refractivity contribution in [1.29, 1.82) is 0 Å². The third-order valence-electron chi connectivity index (χ3n) is 2.81. The highest BCUT2D eigenvalue weighted by molar-refractivity contribution is 8.00. The summed E-state index contributed by atoms with van der Waals surface area (Å²) in [5.41, 5.74) is 0.959. The van der Waals surface area contributed by atoms with Crippen molar-refractivity contribution in [3.8, 4) is 0 Å². The molecule has 0 bridgehead atoms. The number of rotatable bonds is 7. The van der Waals surface area contributed by atoms with Crippen LogP contribution in [0.5, 0.6) is 0 Å². The van der Waals surface area contributed by atoms with Crippen molar-refractivity contribution in [2.45, 2.75) is 23.9 Å². The number of hydrogen-bond acceptors (Lipinski definition) is 4. The first-order chi connectivity index (χ1) is 10.2. The molecule has 0 fully saturated rings. The predicted octanol–water partition coefficient (Wildman–Crippen LogP) is 2.11. The fourth-order valence-electron chi connectivity index (χ4n) is 1.73. The van der Waals surface area contributed by atoms with Crippen molar-refractivity contribution in [3.63, 3.8) is 0 Å². The molecule has 0 spiro atoms. The van der Waals surface area contributed by atoms with Crippen LogP contribution < -0.4 is 5.32 Å². The van der Waals surface area contributed by atoms with Crippen LogP contribution in [-0.4, -0.2) is 32.2 Å². The number of thioether (sulfide) groups is 1. The van der Waals surface area contributed by atoms with Gasteiger partial charge in [-0.25, -0.2) is 4.98 Å². The zero-order chi connectivity index (χ0) is 15.1. The SMILES string of the molecule is C=CCNC(=O)[C@@H](C)Sc1nccn1Cc1ccccn1. The molecular weight excluding hydrogens is 284 g/mol. The number of imidazole rings is 1. The molecule has 6 heteroatoms. The van der Waals surface area contributed by atoms with Gasteiger partial charge in [0.2, 0.25) is 5.91 Å². The van der Waals surface area contributed by atoms with Crippen molar-refractivity contribution in [1.82, 2.24) is 19.9 Å². The fraction of sp³-hybridized carbons (Fsp3) is 0.267. The number of nitrogens with zero attached hydrogens (tertiary/aromatic N) is 3. The molecule has 0 aromatic carbocycles. The van der Waals surface area contributed by atoms with Crippen molar-refractivity contribution in [3.05, 3.63) is 55.1 Å². The highest BCUT2D eigenvalue weighted by Gasteiger charge is 2.16. The van der Waals surface area contributed by atoms with Crippen LogP contribution in [0.3, 0.4) is 0 Å². The molecule has 2 aromatic heterocycles. The van der Waals surface area contributed by atoms with E-state index in [1.54, 1.807) is 18.5 Å². The number of aromatic nitrogens is 3. The lowest BCUT2D eigenvalue weighted by Crippen LogP contribution is -2.31. The topological polar surface area (TPSA) is 59.8 Å². The van der Waals surface area contributed by atoms with E-state index in [9.17, 15) is 4.79 Å². The van der Waals surface area contributed by atoms with Crippen molar-refractivity contribution in [2.24, 2.45) is 0 Å². The zero-order valence-electron chi connectivity index (χ0n) is 11.9. The molecule has 1 atom stereocenters. The first-order valence-corrected chi connectivity index (χ1v) is 7.55. The van der Waals surface area contributed by atoms with Gasteiger partial charge >= 0.3 is 0 Å². The number of carbonyl (C=O) groups is 1. The third-order valence-corrected chi connectivity index (χ3v) is 3.93. The van der Waals surface area contributed by atoms with Crippen LogP contribution in [0, 0.1) is 0 Å². The van der Waals surface area contributed by atoms with Gasteiger partial charge in [0.05, 0.1) is 17.5 Å². The second-order valence-corrected chi connectivity index (χ2v) is 5.76. The minimum absolute atomic E-state index is 0.0210. The van der Waals surface area contributed by atoms with Gasteiger partial charge in [0.1, 0.15) is 0 Å². The van der Waals surface area contributed by atoms with Crippen molar-refractivity contribution >= 4 is 17.7 Å². The fourth-order valence-corrected chi connectivity index (χ4v) is 2.62. The third kappa shape index (κ3) is 4.46. The van der Waals surface area contributed by atoms with Crippen LogP contribution in [-0.2, 0) is 11.3 Å². The van der Waals surface area contributed by atoms with E-state index < -0.39 is 0 Å².